The van der Waals surface area contributed by atoms with Crippen molar-refractivity contribution in [3.63, 3.8) is 0 Å². The molecule has 2 amide bonds. The summed E-state index contributed by atoms with van der Waals surface area (Å²) in [6.07, 6.45) is 0. The number of nitrogens with one attached hydrogen (secondary N) is 2. The molecule has 0 aromatic heterocycles. The lowest BCUT2D eigenvalue weighted by molar-refractivity contribution is -0.0498. The van der Waals surface area contributed by atoms with E-state index in [1.54, 1.807) is 18.2 Å². The average Bonchev–Trinajstić information content (AvgIpc) is 2.55. The van der Waals surface area contributed by atoms with Gasteiger partial charge in [0.1, 0.15) is 5.75 Å². The van der Waals surface area contributed by atoms with E-state index in [4.69, 9.17) is 4.74 Å². The first-order valence-electron chi connectivity index (χ1n) is 6.94. The third-order valence-electron chi connectivity index (χ3n) is 3.08. The molecule has 0 saturated carbocycles. The second kappa shape index (κ2) is 8.00. The van der Waals surface area contributed by atoms with Crippen molar-refractivity contribution < 1.29 is 28.2 Å². The topological polar surface area (TPSA) is 79.8 Å². The van der Waals surface area contributed by atoms with E-state index in [0.29, 0.717) is 17.0 Å². The summed E-state index contributed by atoms with van der Waals surface area (Å²) < 4.78 is 33.3. The Morgan fingerprint density at radius 3 is 2.54 bits per heavy atom. The summed E-state index contributed by atoms with van der Waals surface area (Å²) in [7, 11) is 1.43. The highest BCUT2D eigenvalue weighted by Gasteiger charge is 2.09. The first-order chi connectivity index (χ1) is 11.5. The van der Waals surface area contributed by atoms with Crippen LogP contribution in [0.5, 0.6) is 17.2 Å². The van der Waals surface area contributed by atoms with Crippen molar-refractivity contribution in [3.05, 3.63) is 48.0 Å². The Hall–Kier alpha value is -3.03. The molecule has 24 heavy (non-hydrogen) atoms. The zero-order valence-electron chi connectivity index (χ0n) is 12.8. The molecule has 0 radical (unpaired) electrons. The van der Waals surface area contributed by atoms with Gasteiger partial charge in [-0.25, -0.2) is 4.79 Å². The van der Waals surface area contributed by atoms with E-state index >= 15 is 0 Å². The van der Waals surface area contributed by atoms with Crippen LogP contribution in [0.2, 0.25) is 0 Å². The van der Waals surface area contributed by atoms with Gasteiger partial charge in [-0.1, -0.05) is 12.1 Å². The average molecular weight is 338 g/mol. The quantitative estimate of drug-likeness (QED) is 0.755. The van der Waals surface area contributed by atoms with E-state index in [9.17, 15) is 18.7 Å². The number of rotatable bonds is 6. The number of carbonyl (C=O) groups is 1. The Balaban J connectivity index is 1.89. The molecular weight excluding hydrogens is 322 g/mol. The molecule has 2 aromatic carbocycles. The standard InChI is InChI=1S/C16H16F2N2O4/c1-23-13-4-2-3-10(14(13)21)9-19-16(22)20-11-5-7-12(8-6-11)24-15(17)18/h2-8,15,21H,9H2,1H3,(H2,19,20,22). The van der Waals surface area contributed by atoms with Crippen LogP contribution in [0.3, 0.4) is 0 Å². The van der Waals surface area contributed by atoms with Gasteiger partial charge >= 0.3 is 12.6 Å². The number of methoxy groups -OCH3 is 1. The van der Waals surface area contributed by atoms with Crippen LogP contribution in [0.1, 0.15) is 5.56 Å². The molecule has 2 aromatic rings. The number of para-hydroxylation sites is 1. The summed E-state index contributed by atoms with van der Waals surface area (Å²) in [6, 6.07) is 9.91. The molecule has 0 unspecified atom stereocenters. The fourth-order valence-electron chi connectivity index (χ4n) is 1.95. The van der Waals surface area contributed by atoms with Gasteiger partial charge in [0.15, 0.2) is 11.5 Å². The van der Waals surface area contributed by atoms with Gasteiger partial charge in [0, 0.05) is 17.8 Å². The number of halogens is 2. The molecule has 0 atom stereocenters. The number of amides is 2. The molecule has 0 spiro atoms. The Kier molecular flexibility index (Phi) is 5.78. The van der Waals surface area contributed by atoms with Crippen LogP contribution in [0.15, 0.2) is 42.5 Å². The maximum absolute atomic E-state index is 12.0. The maximum Gasteiger partial charge on any atom is 0.387 e. The molecule has 6 nitrogen and oxygen atoms in total. The lowest BCUT2D eigenvalue weighted by Crippen LogP contribution is -2.28. The van der Waals surface area contributed by atoms with Crippen LogP contribution < -0.4 is 20.1 Å². The van der Waals surface area contributed by atoms with E-state index in [0.717, 1.165) is 0 Å². The van der Waals surface area contributed by atoms with Crippen molar-refractivity contribution in [1.29, 1.82) is 0 Å². The van der Waals surface area contributed by atoms with E-state index in [2.05, 4.69) is 15.4 Å². The van der Waals surface area contributed by atoms with E-state index < -0.39 is 12.6 Å². The molecule has 0 saturated heterocycles. The second-order valence-corrected chi connectivity index (χ2v) is 4.68. The Labute approximate surface area is 137 Å². The van der Waals surface area contributed by atoms with Gasteiger partial charge in [0.05, 0.1) is 7.11 Å². The number of carbonyl (C=O) groups excluding carboxylic acids is 1. The summed E-state index contributed by atoms with van der Waals surface area (Å²) in [5, 5.41) is 15.0. The molecule has 0 aliphatic rings. The van der Waals surface area contributed by atoms with Crippen LogP contribution in [-0.4, -0.2) is 24.9 Å². The highest BCUT2D eigenvalue weighted by Crippen LogP contribution is 2.29. The predicted octanol–water partition coefficient (Wildman–Crippen LogP) is 3.32. The minimum Gasteiger partial charge on any atom is -0.504 e. The van der Waals surface area contributed by atoms with Crippen LogP contribution in [0, 0.1) is 0 Å². The van der Waals surface area contributed by atoms with Crippen molar-refractivity contribution >= 4 is 11.7 Å². The van der Waals surface area contributed by atoms with Crippen LogP contribution >= 0.6 is 0 Å². The zero-order valence-corrected chi connectivity index (χ0v) is 12.8. The largest absolute Gasteiger partial charge is 0.504 e. The van der Waals surface area contributed by atoms with Crippen molar-refractivity contribution in [2.45, 2.75) is 13.2 Å². The third kappa shape index (κ3) is 4.73. The number of phenolic OH excluding ortho intramolecular Hbond substituents is 1. The maximum atomic E-state index is 12.0. The smallest absolute Gasteiger partial charge is 0.387 e. The monoisotopic (exact) mass is 338 g/mol. The van der Waals surface area contributed by atoms with Gasteiger partial charge in [0.2, 0.25) is 0 Å². The molecule has 0 aliphatic carbocycles. The van der Waals surface area contributed by atoms with Crippen molar-refractivity contribution in [2.24, 2.45) is 0 Å². The number of benzene rings is 2. The van der Waals surface area contributed by atoms with Crippen LogP contribution in [0.25, 0.3) is 0 Å². The second-order valence-electron chi connectivity index (χ2n) is 4.68. The number of hydrogen-bond acceptors (Lipinski definition) is 4. The Morgan fingerprint density at radius 2 is 1.92 bits per heavy atom. The van der Waals surface area contributed by atoms with Crippen LogP contribution in [0.4, 0.5) is 19.3 Å². The number of phenols is 1. The van der Waals surface area contributed by atoms with Gasteiger partial charge < -0.3 is 25.2 Å². The molecule has 0 bridgehead atoms. The Morgan fingerprint density at radius 1 is 1.21 bits per heavy atom. The van der Waals surface area contributed by atoms with Crippen molar-refractivity contribution in [3.8, 4) is 17.2 Å². The number of urea groups is 1. The summed E-state index contributed by atoms with van der Waals surface area (Å²) in [6.45, 7) is -2.82. The zero-order chi connectivity index (χ0) is 17.5. The highest BCUT2D eigenvalue weighted by atomic mass is 19.3. The Bertz CT molecular complexity index is 693. The summed E-state index contributed by atoms with van der Waals surface area (Å²) in [5.74, 6) is 0.260. The molecule has 0 fully saturated rings. The van der Waals surface area contributed by atoms with Gasteiger partial charge in [0.25, 0.3) is 0 Å². The predicted molar refractivity (Wildman–Crippen MR) is 83.6 cm³/mol. The SMILES string of the molecule is COc1cccc(CNC(=O)Nc2ccc(OC(F)F)cc2)c1O. The van der Waals surface area contributed by atoms with E-state index in [1.165, 1.54) is 31.4 Å². The molecule has 8 heteroatoms. The first-order valence-corrected chi connectivity index (χ1v) is 6.94. The van der Waals surface area contributed by atoms with Gasteiger partial charge in [-0.3, -0.25) is 0 Å². The molecule has 0 heterocycles. The molecular formula is C16H16F2N2O4. The van der Waals surface area contributed by atoms with Crippen LogP contribution in [-0.2, 0) is 6.54 Å². The molecule has 128 valence electrons. The van der Waals surface area contributed by atoms with Crippen molar-refractivity contribution in [2.75, 3.05) is 12.4 Å². The first kappa shape index (κ1) is 17.3. The summed E-state index contributed by atoms with van der Waals surface area (Å²) >= 11 is 0. The van der Waals surface area contributed by atoms with Gasteiger partial charge in [-0.15, -0.1) is 0 Å². The third-order valence-corrected chi connectivity index (χ3v) is 3.08. The fraction of sp³-hybridized carbons (Fsp3) is 0.188. The minimum atomic E-state index is -2.90. The lowest BCUT2D eigenvalue weighted by atomic mass is 10.2. The van der Waals surface area contributed by atoms with Crippen molar-refractivity contribution in [1.82, 2.24) is 5.32 Å². The molecule has 0 aliphatic heterocycles. The van der Waals surface area contributed by atoms with E-state index in [-0.39, 0.29) is 18.0 Å². The number of hydrogen-bond donors (Lipinski definition) is 3. The highest BCUT2D eigenvalue weighted by molar-refractivity contribution is 5.89. The minimum absolute atomic E-state index is 0.00254. The fourth-order valence-corrected chi connectivity index (χ4v) is 1.95. The number of alkyl halides is 2. The number of ether oxygens (including phenoxy) is 2. The van der Waals surface area contributed by atoms with E-state index in [1.807, 2.05) is 0 Å². The summed E-state index contributed by atoms with van der Waals surface area (Å²) in [5.41, 5.74) is 0.897. The number of aromatic hydroxyl groups is 1. The number of anilines is 1. The molecule has 2 rings (SSSR count). The molecule has 3 N–H and O–H groups in total. The summed E-state index contributed by atoms with van der Waals surface area (Å²) in [4.78, 5) is 11.8. The normalized spacial score (nSPS) is 10.3. The lowest BCUT2D eigenvalue weighted by Gasteiger charge is -2.11. The van der Waals surface area contributed by atoms with Gasteiger partial charge in [-0.05, 0) is 30.3 Å². The van der Waals surface area contributed by atoms with Gasteiger partial charge in [-0.2, -0.15) is 8.78 Å².